The summed E-state index contributed by atoms with van der Waals surface area (Å²) in [4.78, 5) is 0. The third-order valence-corrected chi connectivity index (χ3v) is 7.35. The van der Waals surface area contributed by atoms with E-state index in [1.807, 2.05) is 0 Å². The molecule has 0 spiro atoms. The Hall–Kier alpha value is 0. The van der Waals surface area contributed by atoms with E-state index in [0.717, 1.165) is 29.6 Å². The molecule has 1 aliphatic carbocycles. The SMILES string of the molecule is CCCC.CCCC1CC(C)CC(CC)CC(C)C1CC.CCCCC.CCCCCC. The monoisotopic (exact) mass is 455 g/mol. The first kappa shape index (κ1) is 36.6. The zero-order valence-electron chi connectivity index (χ0n) is 25.2. The van der Waals surface area contributed by atoms with Gasteiger partial charge >= 0.3 is 0 Å². The Morgan fingerprint density at radius 3 is 1.31 bits per heavy atom. The van der Waals surface area contributed by atoms with Gasteiger partial charge in [0.25, 0.3) is 0 Å². The third-order valence-electron chi connectivity index (χ3n) is 7.35. The Balaban J connectivity index is -0.000000458. The second-order valence-electron chi connectivity index (χ2n) is 10.7. The number of unbranched alkanes of at least 4 members (excludes halogenated alkanes) is 6. The Labute approximate surface area is 208 Å². The second kappa shape index (κ2) is 29.0. The summed E-state index contributed by atoms with van der Waals surface area (Å²) in [5, 5.41) is 0. The van der Waals surface area contributed by atoms with Crippen LogP contribution < -0.4 is 0 Å². The Morgan fingerprint density at radius 2 is 1.00 bits per heavy atom. The van der Waals surface area contributed by atoms with Crippen molar-refractivity contribution in [3.8, 4) is 0 Å². The number of hydrogen-bond acceptors (Lipinski definition) is 0. The summed E-state index contributed by atoms with van der Waals surface area (Å²) >= 11 is 0. The van der Waals surface area contributed by atoms with Crippen LogP contribution in [0.3, 0.4) is 0 Å². The molecule has 0 radical (unpaired) electrons. The minimum atomic E-state index is 0.953. The van der Waals surface area contributed by atoms with Crippen molar-refractivity contribution in [3.05, 3.63) is 0 Å². The maximum absolute atomic E-state index is 2.52. The first-order valence-corrected chi connectivity index (χ1v) is 15.4. The number of hydrogen-bond donors (Lipinski definition) is 0. The molecular formula is C32H70. The summed E-state index contributed by atoms with van der Waals surface area (Å²) in [6.07, 6.45) is 22.3. The van der Waals surface area contributed by atoms with Crippen molar-refractivity contribution < 1.29 is 0 Å². The van der Waals surface area contributed by atoms with Gasteiger partial charge in [-0.3, -0.25) is 0 Å². The average Bonchev–Trinajstić information content (AvgIpc) is 2.78. The van der Waals surface area contributed by atoms with Crippen LogP contribution in [0.25, 0.3) is 0 Å². The molecule has 0 saturated heterocycles. The quantitative estimate of drug-likeness (QED) is 0.288. The van der Waals surface area contributed by atoms with E-state index in [1.54, 1.807) is 0 Å². The Bertz CT molecular complexity index is 299. The molecule has 0 amide bonds. The van der Waals surface area contributed by atoms with E-state index >= 15 is 0 Å². The van der Waals surface area contributed by atoms with E-state index in [2.05, 4.69) is 76.2 Å². The van der Waals surface area contributed by atoms with Crippen LogP contribution in [0.5, 0.6) is 0 Å². The van der Waals surface area contributed by atoms with Crippen LogP contribution in [0.15, 0.2) is 0 Å². The van der Waals surface area contributed by atoms with Crippen LogP contribution in [0, 0.1) is 29.6 Å². The number of rotatable bonds is 10. The molecular weight excluding hydrogens is 384 g/mol. The first-order chi connectivity index (χ1) is 15.4. The maximum Gasteiger partial charge on any atom is -0.0362 e. The van der Waals surface area contributed by atoms with Gasteiger partial charge in [-0.25, -0.2) is 0 Å². The Kier molecular flexibility index (Phi) is 33.2. The highest BCUT2D eigenvalue weighted by atomic mass is 14.4. The molecule has 1 aliphatic rings. The van der Waals surface area contributed by atoms with Crippen molar-refractivity contribution in [1.29, 1.82) is 0 Å². The fourth-order valence-electron chi connectivity index (χ4n) is 5.24. The van der Waals surface area contributed by atoms with E-state index in [0.29, 0.717) is 0 Å². The second-order valence-corrected chi connectivity index (χ2v) is 10.7. The van der Waals surface area contributed by atoms with E-state index in [-0.39, 0.29) is 0 Å². The summed E-state index contributed by atoms with van der Waals surface area (Å²) in [6, 6.07) is 0. The normalized spacial score (nSPS) is 25.0. The maximum atomic E-state index is 2.52. The largest absolute Gasteiger partial charge is 0.0654 e. The lowest BCUT2D eigenvalue weighted by Crippen LogP contribution is -2.28. The lowest BCUT2D eigenvalue weighted by Gasteiger charge is -2.38. The standard InChI is InChI=1S/C17H34.C6H14.C5H12.C4H10/c1-6-9-16-11-13(4)10-15(7-2)12-14(5)17(16)8-3;1-3-5-6-4-2;1-3-5-4-2;1-3-4-2/h13-17H,6-12H2,1-5H3;3-6H2,1-2H3;3-5H2,1-2H3;3-4H2,1-2H3. The average molecular weight is 455 g/mol. The van der Waals surface area contributed by atoms with Gasteiger partial charge in [0, 0.05) is 0 Å². The minimum absolute atomic E-state index is 0.953. The Morgan fingerprint density at radius 1 is 0.500 bits per heavy atom. The van der Waals surface area contributed by atoms with Crippen LogP contribution in [0.2, 0.25) is 0 Å². The molecule has 32 heavy (non-hydrogen) atoms. The van der Waals surface area contributed by atoms with Crippen molar-refractivity contribution in [3.63, 3.8) is 0 Å². The van der Waals surface area contributed by atoms with Crippen molar-refractivity contribution in [2.75, 3.05) is 0 Å². The van der Waals surface area contributed by atoms with Crippen LogP contribution in [0.1, 0.15) is 179 Å². The molecule has 1 saturated carbocycles. The topological polar surface area (TPSA) is 0 Å². The van der Waals surface area contributed by atoms with E-state index < -0.39 is 0 Å². The molecule has 5 unspecified atom stereocenters. The third kappa shape index (κ3) is 23.2. The van der Waals surface area contributed by atoms with Crippen LogP contribution in [-0.4, -0.2) is 0 Å². The molecule has 0 aromatic carbocycles. The van der Waals surface area contributed by atoms with Crippen LogP contribution in [-0.2, 0) is 0 Å². The molecule has 1 rings (SSSR count). The summed E-state index contributed by atoms with van der Waals surface area (Å²) < 4.78 is 0. The predicted octanol–water partition coefficient (Wildman–Crippen LogP) is 12.5. The van der Waals surface area contributed by atoms with E-state index in [4.69, 9.17) is 0 Å². The molecule has 0 N–H and O–H groups in total. The van der Waals surface area contributed by atoms with Crippen molar-refractivity contribution in [2.24, 2.45) is 29.6 Å². The highest BCUT2D eigenvalue weighted by Gasteiger charge is 2.30. The lowest BCUT2D eigenvalue weighted by molar-refractivity contribution is 0.123. The molecule has 0 heteroatoms. The summed E-state index contributed by atoms with van der Waals surface area (Å²) in [5.74, 6) is 4.91. The van der Waals surface area contributed by atoms with Gasteiger partial charge in [-0.05, 0) is 48.9 Å². The lowest BCUT2D eigenvalue weighted by atomic mass is 9.67. The highest BCUT2D eigenvalue weighted by molar-refractivity contribution is 4.81. The van der Waals surface area contributed by atoms with Gasteiger partial charge < -0.3 is 0 Å². The van der Waals surface area contributed by atoms with E-state index in [1.165, 1.54) is 103 Å². The van der Waals surface area contributed by atoms with Crippen molar-refractivity contribution in [1.82, 2.24) is 0 Å². The molecule has 0 heterocycles. The fraction of sp³-hybridized carbons (Fsp3) is 1.00. The van der Waals surface area contributed by atoms with E-state index in [9.17, 15) is 0 Å². The van der Waals surface area contributed by atoms with Crippen molar-refractivity contribution in [2.45, 2.75) is 179 Å². The van der Waals surface area contributed by atoms with Gasteiger partial charge in [0.15, 0.2) is 0 Å². The van der Waals surface area contributed by atoms with Crippen LogP contribution >= 0.6 is 0 Å². The van der Waals surface area contributed by atoms with Gasteiger partial charge in [-0.15, -0.1) is 0 Å². The minimum Gasteiger partial charge on any atom is -0.0654 e. The van der Waals surface area contributed by atoms with Gasteiger partial charge in [0.05, 0.1) is 0 Å². The zero-order chi connectivity index (χ0) is 25.2. The molecule has 0 nitrogen and oxygen atoms in total. The smallest absolute Gasteiger partial charge is 0.0362 e. The molecule has 1 fully saturated rings. The molecule has 0 aromatic heterocycles. The predicted molar refractivity (Wildman–Crippen MR) is 154 cm³/mol. The van der Waals surface area contributed by atoms with Crippen LogP contribution in [0.4, 0.5) is 0 Å². The molecule has 0 bridgehead atoms. The van der Waals surface area contributed by atoms with Gasteiger partial charge in [-0.2, -0.15) is 0 Å². The molecule has 198 valence electrons. The summed E-state index contributed by atoms with van der Waals surface area (Å²) in [6.45, 7) is 25.4. The van der Waals surface area contributed by atoms with Crippen molar-refractivity contribution >= 4 is 0 Å². The molecule has 5 atom stereocenters. The van der Waals surface area contributed by atoms with Gasteiger partial charge in [-0.1, -0.05) is 160 Å². The van der Waals surface area contributed by atoms with Gasteiger partial charge in [0.2, 0.25) is 0 Å². The van der Waals surface area contributed by atoms with Gasteiger partial charge in [0.1, 0.15) is 0 Å². The first-order valence-electron chi connectivity index (χ1n) is 15.4. The molecule has 0 aliphatic heterocycles. The summed E-state index contributed by atoms with van der Waals surface area (Å²) in [5.41, 5.74) is 0. The molecule has 0 aromatic rings. The summed E-state index contributed by atoms with van der Waals surface area (Å²) in [7, 11) is 0. The highest BCUT2D eigenvalue weighted by Crippen LogP contribution is 2.41. The zero-order valence-corrected chi connectivity index (χ0v) is 25.2. The fourth-order valence-corrected chi connectivity index (χ4v) is 5.24.